The van der Waals surface area contributed by atoms with Gasteiger partial charge in [0.1, 0.15) is 5.82 Å². The summed E-state index contributed by atoms with van der Waals surface area (Å²) in [4.78, 5) is 25.4. The number of aromatic nitrogens is 3. The van der Waals surface area contributed by atoms with E-state index in [0.717, 1.165) is 36.6 Å². The van der Waals surface area contributed by atoms with Crippen LogP contribution < -0.4 is 10.6 Å². The Morgan fingerprint density at radius 2 is 1.83 bits per heavy atom. The summed E-state index contributed by atoms with van der Waals surface area (Å²) in [5, 5.41) is 14.5. The molecule has 0 fully saturated rings. The van der Waals surface area contributed by atoms with Crippen molar-refractivity contribution in [3.63, 3.8) is 0 Å². The van der Waals surface area contributed by atoms with Crippen molar-refractivity contribution in [1.29, 1.82) is 0 Å². The van der Waals surface area contributed by atoms with Crippen LogP contribution in [0.4, 0.5) is 0 Å². The maximum atomic E-state index is 12.8. The lowest BCUT2D eigenvalue weighted by Gasteiger charge is -2.19. The minimum absolute atomic E-state index is 0.0984. The smallest absolute Gasteiger partial charge is 0.253 e. The lowest BCUT2D eigenvalue weighted by Crippen LogP contribution is -2.34. The molecule has 154 valence electrons. The average Bonchev–Trinajstić information content (AvgIpc) is 3.37. The predicted molar refractivity (Wildman–Crippen MR) is 113 cm³/mol. The molecular weight excluding hydrogens is 402 g/mol. The van der Waals surface area contributed by atoms with Gasteiger partial charge in [-0.3, -0.25) is 9.59 Å². The van der Waals surface area contributed by atoms with Crippen LogP contribution in [-0.4, -0.2) is 26.6 Å². The summed E-state index contributed by atoms with van der Waals surface area (Å²) in [6.45, 7) is 1.19. The summed E-state index contributed by atoms with van der Waals surface area (Å²) in [5.74, 6) is 1.22. The predicted octanol–water partition coefficient (Wildman–Crippen LogP) is 3.06. The van der Waals surface area contributed by atoms with E-state index in [1.807, 2.05) is 34.9 Å². The van der Waals surface area contributed by atoms with Gasteiger partial charge in [0, 0.05) is 13.0 Å². The van der Waals surface area contributed by atoms with Gasteiger partial charge in [-0.15, -0.1) is 10.2 Å². The highest BCUT2D eigenvalue weighted by Crippen LogP contribution is 2.20. The van der Waals surface area contributed by atoms with Crippen molar-refractivity contribution in [2.45, 2.75) is 38.4 Å². The number of nitrogens with zero attached hydrogens (tertiary/aromatic N) is 3. The minimum atomic E-state index is -0.487. The van der Waals surface area contributed by atoms with Gasteiger partial charge in [0.25, 0.3) is 5.91 Å². The van der Waals surface area contributed by atoms with E-state index >= 15 is 0 Å². The third-order valence-electron chi connectivity index (χ3n) is 5.15. The highest BCUT2D eigenvalue weighted by molar-refractivity contribution is 6.33. The fourth-order valence-electron chi connectivity index (χ4n) is 3.60. The molecule has 4 rings (SSSR count). The van der Waals surface area contributed by atoms with Crippen LogP contribution in [0.2, 0.25) is 5.02 Å². The Bertz CT molecular complexity index is 1050. The van der Waals surface area contributed by atoms with Crippen molar-refractivity contribution in [2.75, 3.05) is 0 Å². The maximum absolute atomic E-state index is 12.8. The standard InChI is InChI=1S/C22H22ClN5O2/c23-17-10-5-4-9-16(17)22(30)25-18(15-7-2-1-3-8-15)13-21(29)24-14-20-27-26-19-11-6-12-28(19)20/h1-5,7-10,18H,6,11-14H2,(H,24,29)(H,25,30)/t18-/m0/s1. The quantitative estimate of drug-likeness (QED) is 0.611. The first kappa shape index (κ1) is 20.1. The van der Waals surface area contributed by atoms with Gasteiger partial charge < -0.3 is 15.2 Å². The monoisotopic (exact) mass is 423 g/mol. The normalized spacial score (nSPS) is 13.5. The Hall–Kier alpha value is -3.19. The molecule has 7 nitrogen and oxygen atoms in total. The van der Waals surface area contributed by atoms with E-state index in [1.54, 1.807) is 24.3 Å². The number of aryl methyl sites for hydroxylation is 1. The number of carbonyl (C=O) groups is 2. The number of nitrogens with one attached hydrogen (secondary N) is 2. The van der Waals surface area contributed by atoms with E-state index < -0.39 is 6.04 Å². The van der Waals surface area contributed by atoms with E-state index in [4.69, 9.17) is 11.6 Å². The van der Waals surface area contributed by atoms with Gasteiger partial charge in [-0.2, -0.15) is 0 Å². The largest absolute Gasteiger partial charge is 0.349 e. The number of hydrogen-bond acceptors (Lipinski definition) is 4. The average molecular weight is 424 g/mol. The summed E-state index contributed by atoms with van der Waals surface area (Å²) in [6.07, 6.45) is 2.07. The Morgan fingerprint density at radius 1 is 1.07 bits per heavy atom. The molecule has 1 aliphatic heterocycles. The van der Waals surface area contributed by atoms with Crippen LogP contribution in [0.15, 0.2) is 54.6 Å². The first-order valence-electron chi connectivity index (χ1n) is 9.90. The molecule has 0 spiro atoms. The number of amides is 2. The van der Waals surface area contributed by atoms with Crippen molar-refractivity contribution in [2.24, 2.45) is 0 Å². The van der Waals surface area contributed by atoms with E-state index in [9.17, 15) is 9.59 Å². The van der Waals surface area contributed by atoms with E-state index in [2.05, 4.69) is 20.8 Å². The number of rotatable bonds is 7. The second-order valence-electron chi connectivity index (χ2n) is 7.19. The van der Waals surface area contributed by atoms with Gasteiger partial charge in [-0.05, 0) is 24.1 Å². The second kappa shape index (κ2) is 9.09. The molecule has 8 heteroatoms. The summed E-state index contributed by atoms with van der Waals surface area (Å²) >= 11 is 6.15. The highest BCUT2D eigenvalue weighted by atomic mass is 35.5. The minimum Gasteiger partial charge on any atom is -0.349 e. The Balaban J connectivity index is 1.44. The molecule has 2 heterocycles. The first-order chi connectivity index (χ1) is 14.6. The zero-order chi connectivity index (χ0) is 20.9. The number of hydrogen-bond donors (Lipinski definition) is 2. The van der Waals surface area contributed by atoms with E-state index in [1.165, 1.54) is 0 Å². The fourth-order valence-corrected chi connectivity index (χ4v) is 3.82. The third kappa shape index (κ3) is 4.52. The van der Waals surface area contributed by atoms with Crippen molar-refractivity contribution >= 4 is 23.4 Å². The van der Waals surface area contributed by atoms with Crippen LogP contribution in [0.1, 0.15) is 46.5 Å². The van der Waals surface area contributed by atoms with Crippen LogP contribution in [0.5, 0.6) is 0 Å². The number of carbonyl (C=O) groups excluding carboxylic acids is 2. The lowest BCUT2D eigenvalue weighted by molar-refractivity contribution is -0.121. The topological polar surface area (TPSA) is 88.9 Å². The molecular formula is C22H22ClN5O2. The molecule has 0 saturated carbocycles. The van der Waals surface area contributed by atoms with Gasteiger partial charge in [-0.25, -0.2) is 0 Å². The molecule has 2 amide bonds. The van der Waals surface area contributed by atoms with Crippen LogP contribution in [-0.2, 0) is 24.3 Å². The van der Waals surface area contributed by atoms with Gasteiger partial charge in [0.05, 0.1) is 29.6 Å². The highest BCUT2D eigenvalue weighted by Gasteiger charge is 2.22. The van der Waals surface area contributed by atoms with E-state index in [0.29, 0.717) is 17.1 Å². The van der Waals surface area contributed by atoms with Crippen molar-refractivity contribution in [1.82, 2.24) is 25.4 Å². The van der Waals surface area contributed by atoms with Crippen molar-refractivity contribution in [3.05, 3.63) is 82.4 Å². The van der Waals surface area contributed by atoms with Gasteiger partial charge in [0.15, 0.2) is 5.82 Å². The molecule has 0 aliphatic carbocycles. The zero-order valence-electron chi connectivity index (χ0n) is 16.3. The Kier molecular flexibility index (Phi) is 6.09. The Labute approximate surface area is 179 Å². The molecule has 0 saturated heterocycles. The zero-order valence-corrected chi connectivity index (χ0v) is 17.1. The summed E-state index contributed by atoms with van der Waals surface area (Å²) < 4.78 is 2.05. The van der Waals surface area contributed by atoms with Gasteiger partial charge in [-0.1, -0.05) is 54.1 Å². The molecule has 3 aromatic rings. The summed E-state index contributed by atoms with van der Waals surface area (Å²) in [7, 11) is 0. The second-order valence-corrected chi connectivity index (χ2v) is 7.59. The fraction of sp³-hybridized carbons (Fsp3) is 0.273. The van der Waals surface area contributed by atoms with Crippen molar-refractivity contribution in [3.8, 4) is 0 Å². The molecule has 0 radical (unpaired) electrons. The maximum Gasteiger partial charge on any atom is 0.253 e. The molecule has 1 aromatic heterocycles. The summed E-state index contributed by atoms with van der Waals surface area (Å²) in [5.41, 5.74) is 1.22. The van der Waals surface area contributed by atoms with Crippen LogP contribution in [0.3, 0.4) is 0 Å². The molecule has 1 atom stereocenters. The van der Waals surface area contributed by atoms with Crippen LogP contribution in [0, 0.1) is 0 Å². The SMILES string of the molecule is O=C(C[C@H](NC(=O)c1ccccc1Cl)c1ccccc1)NCc1nnc2n1CCC2. The first-order valence-corrected chi connectivity index (χ1v) is 10.3. The van der Waals surface area contributed by atoms with Crippen LogP contribution in [0.25, 0.3) is 0 Å². The molecule has 2 aromatic carbocycles. The molecule has 1 aliphatic rings. The van der Waals surface area contributed by atoms with Gasteiger partial charge in [0.2, 0.25) is 5.91 Å². The van der Waals surface area contributed by atoms with Crippen molar-refractivity contribution < 1.29 is 9.59 Å². The molecule has 0 bridgehead atoms. The van der Waals surface area contributed by atoms with E-state index in [-0.39, 0.29) is 18.2 Å². The lowest BCUT2D eigenvalue weighted by atomic mass is 10.0. The third-order valence-corrected chi connectivity index (χ3v) is 5.47. The van der Waals surface area contributed by atoms with Gasteiger partial charge >= 0.3 is 0 Å². The summed E-state index contributed by atoms with van der Waals surface area (Å²) in [6, 6.07) is 15.8. The number of benzene rings is 2. The molecule has 0 unspecified atom stereocenters. The van der Waals surface area contributed by atoms with Crippen LogP contribution >= 0.6 is 11.6 Å². The Morgan fingerprint density at radius 3 is 2.63 bits per heavy atom. The number of halogens is 1. The number of fused-ring (bicyclic) bond motifs is 1. The molecule has 2 N–H and O–H groups in total. The molecule has 30 heavy (non-hydrogen) atoms.